The fraction of sp³-hybridized carbons (Fsp3) is 0.381. The van der Waals surface area contributed by atoms with E-state index in [9.17, 15) is 13.2 Å². The first-order valence-corrected chi connectivity index (χ1v) is 10.7. The van der Waals surface area contributed by atoms with Crippen molar-refractivity contribution in [2.75, 3.05) is 13.6 Å². The van der Waals surface area contributed by atoms with Gasteiger partial charge in [0.15, 0.2) is 9.84 Å². The first-order chi connectivity index (χ1) is 12.7. The van der Waals surface area contributed by atoms with Gasteiger partial charge in [-0.15, -0.1) is 0 Å². The molecule has 0 aromatic heterocycles. The molecule has 0 fully saturated rings. The number of carbonyl (C=O) groups is 1. The Morgan fingerprint density at radius 3 is 2.37 bits per heavy atom. The lowest BCUT2D eigenvalue weighted by Gasteiger charge is -2.21. The molecular weight excluding hydrogens is 360 g/mol. The molecule has 0 aliphatic rings. The Hall–Kier alpha value is -2.18. The van der Waals surface area contributed by atoms with E-state index in [1.165, 1.54) is 12.1 Å². The van der Waals surface area contributed by atoms with Crippen molar-refractivity contribution in [3.63, 3.8) is 0 Å². The summed E-state index contributed by atoms with van der Waals surface area (Å²) < 4.78 is 25.4. The van der Waals surface area contributed by atoms with Crippen LogP contribution in [-0.2, 0) is 15.6 Å². The quantitative estimate of drug-likeness (QED) is 0.753. The monoisotopic (exact) mass is 388 g/mol. The maximum Gasteiger partial charge on any atom is 0.253 e. The van der Waals surface area contributed by atoms with Gasteiger partial charge in [0.05, 0.1) is 10.6 Å². The van der Waals surface area contributed by atoms with Gasteiger partial charge in [-0.1, -0.05) is 50.2 Å². The molecule has 2 N–H and O–H groups in total. The second kappa shape index (κ2) is 9.15. The molecule has 0 bridgehead atoms. The first kappa shape index (κ1) is 21.1. The highest BCUT2D eigenvalue weighted by atomic mass is 32.2. The zero-order valence-corrected chi connectivity index (χ0v) is 16.9. The number of hydrogen-bond donors (Lipinski definition) is 1. The van der Waals surface area contributed by atoms with Crippen molar-refractivity contribution in [1.82, 2.24) is 4.90 Å². The smallest absolute Gasteiger partial charge is 0.253 e. The number of sulfone groups is 1. The van der Waals surface area contributed by atoms with Gasteiger partial charge in [0.2, 0.25) is 0 Å². The summed E-state index contributed by atoms with van der Waals surface area (Å²) in [5.74, 6) is 0.0487. The third-order valence-corrected chi connectivity index (χ3v) is 6.33. The zero-order valence-electron chi connectivity index (χ0n) is 16.1. The molecule has 2 aromatic rings. The molecule has 1 unspecified atom stereocenters. The number of nitrogens with zero attached hydrogens (tertiary/aromatic N) is 1. The van der Waals surface area contributed by atoms with Crippen LogP contribution < -0.4 is 5.73 Å². The maximum absolute atomic E-state index is 12.7. The summed E-state index contributed by atoms with van der Waals surface area (Å²) in [6.07, 6.45) is 0.700. The molecule has 0 saturated heterocycles. The molecule has 2 rings (SSSR count). The van der Waals surface area contributed by atoms with Crippen molar-refractivity contribution in [1.29, 1.82) is 0 Å². The molecule has 0 saturated carbocycles. The Kier molecular flexibility index (Phi) is 7.16. The summed E-state index contributed by atoms with van der Waals surface area (Å²) in [6, 6.07) is 15.3. The molecule has 0 heterocycles. The number of benzene rings is 2. The fourth-order valence-electron chi connectivity index (χ4n) is 2.70. The summed E-state index contributed by atoms with van der Waals surface area (Å²) >= 11 is 0. The van der Waals surface area contributed by atoms with Crippen LogP contribution in [0.25, 0.3) is 0 Å². The molecule has 27 heavy (non-hydrogen) atoms. The standard InChI is InChI=1S/C21H28N2O3S/c1-16(2)20(22)12-13-23(3)21(24)18-10-7-11-19(14-18)27(25,26)15-17-8-5-4-6-9-17/h4-11,14,16,20H,12-13,15,22H2,1-3H3. The Balaban J connectivity index is 2.13. The van der Waals surface area contributed by atoms with Gasteiger partial charge in [0.1, 0.15) is 0 Å². The van der Waals surface area contributed by atoms with Gasteiger partial charge in [-0.3, -0.25) is 4.79 Å². The summed E-state index contributed by atoms with van der Waals surface area (Å²) in [7, 11) is -1.81. The van der Waals surface area contributed by atoms with E-state index in [0.29, 0.717) is 30.0 Å². The topological polar surface area (TPSA) is 80.5 Å². The van der Waals surface area contributed by atoms with E-state index in [2.05, 4.69) is 0 Å². The average molecular weight is 389 g/mol. The third-order valence-electron chi connectivity index (χ3n) is 4.64. The van der Waals surface area contributed by atoms with E-state index in [4.69, 9.17) is 5.73 Å². The molecule has 0 aliphatic heterocycles. The van der Waals surface area contributed by atoms with Crippen molar-refractivity contribution in [3.8, 4) is 0 Å². The summed E-state index contributed by atoms with van der Waals surface area (Å²) in [5, 5.41) is 0. The fourth-order valence-corrected chi connectivity index (χ4v) is 4.09. The zero-order chi connectivity index (χ0) is 20.0. The van der Waals surface area contributed by atoms with E-state index in [1.54, 1.807) is 36.2 Å². The molecule has 6 heteroatoms. The van der Waals surface area contributed by atoms with Crippen LogP contribution in [0.15, 0.2) is 59.5 Å². The van der Waals surface area contributed by atoms with Gasteiger partial charge in [-0.05, 0) is 36.1 Å². The highest BCUT2D eigenvalue weighted by molar-refractivity contribution is 7.90. The number of carbonyl (C=O) groups excluding carboxylic acids is 1. The SMILES string of the molecule is CC(C)C(N)CCN(C)C(=O)c1cccc(S(=O)(=O)Cc2ccccc2)c1. The van der Waals surface area contributed by atoms with Crippen molar-refractivity contribution in [2.24, 2.45) is 11.7 Å². The molecule has 0 radical (unpaired) electrons. The van der Waals surface area contributed by atoms with Gasteiger partial charge >= 0.3 is 0 Å². The Morgan fingerprint density at radius 1 is 1.07 bits per heavy atom. The largest absolute Gasteiger partial charge is 0.342 e. The molecule has 146 valence electrons. The van der Waals surface area contributed by atoms with Crippen molar-refractivity contribution in [3.05, 3.63) is 65.7 Å². The van der Waals surface area contributed by atoms with Crippen LogP contribution in [0.2, 0.25) is 0 Å². The minimum Gasteiger partial charge on any atom is -0.342 e. The Morgan fingerprint density at radius 2 is 1.74 bits per heavy atom. The van der Waals surface area contributed by atoms with Crippen molar-refractivity contribution < 1.29 is 13.2 Å². The van der Waals surface area contributed by atoms with E-state index in [1.807, 2.05) is 32.0 Å². The lowest BCUT2D eigenvalue weighted by Crippen LogP contribution is -2.34. The van der Waals surface area contributed by atoms with Gasteiger partial charge in [0.25, 0.3) is 5.91 Å². The third kappa shape index (κ3) is 5.91. The highest BCUT2D eigenvalue weighted by Crippen LogP contribution is 2.19. The Bertz CT molecular complexity index is 864. The maximum atomic E-state index is 12.7. The normalized spacial score (nSPS) is 12.8. The number of hydrogen-bond acceptors (Lipinski definition) is 4. The molecule has 5 nitrogen and oxygen atoms in total. The van der Waals surface area contributed by atoms with Crippen molar-refractivity contribution >= 4 is 15.7 Å². The lowest BCUT2D eigenvalue weighted by molar-refractivity contribution is 0.0789. The molecule has 1 atom stereocenters. The Labute approximate surface area is 162 Å². The number of amides is 1. The van der Waals surface area contributed by atoms with Crippen LogP contribution in [0.4, 0.5) is 0 Å². The van der Waals surface area contributed by atoms with Gasteiger partial charge in [-0.25, -0.2) is 8.42 Å². The van der Waals surface area contributed by atoms with Crippen LogP contribution in [0.1, 0.15) is 36.2 Å². The predicted octanol–water partition coefficient (Wildman–Crippen LogP) is 3.11. The minimum atomic E-state index is -3.52. The molecule has 1 amide bonds. The van der Waals surface area contributed by atoms with E-state index >= 15 is 0 Å². The highest BCUT2D eigenvalue weighted by Gasteiger charge is 2.19. The lowest BCUT2D eigenvalue weighted by atomic mass is 10.0. The van der Waals surface area contributed by atoms with Gasteiger partial charge < -0.3 is 10.6 Å². The van der Waals surface area contributed by atoms with Crippen LogP contribution in [-0.4, -0.2) is 38.9 Å². The van der Waals surface area contributed by atoms with Gasteiger partial charge in [0, 0.05) is 25.2 Å². The molecule has 2 aromatic carbocycles. The van der Waals surface area contributed by atoms with Crippen LogP contribution in [0.5, 0.6) is 0 Å². The second-order valence-electron chi connectivity index (χ2n) is 7.20. The van der Waals surface area contributed by atoms with Crippen LogP contribution in [0.3, 0.4) is 0 Å². The molecule has 0 spiro atoms. The van der Waals surface area contributed by atoms with E-state index in [-0.39, 0.29) is 22.6 Å². The summed E-state index contributed by atoms with van der Waals surface area (Å²) in [4.78, 5) is 14.4. The number of nitrogens with two attached hydrogens (primary N) is 1. The second-order valence-corrected chi connectivity index (χ2v) is 9.19. The minimum absolute atomic E-state index is 0.0258. The van der Waals surface area contributed by atoms with E-state index < -0.39 is 9.84 Å². The first-order valence-electron chi connectivity index (χ1n) is 9.08. The van der Waals surface area contributed by atoms with Crippen LogP contribution in [0, 0.1) is 5.92 Å². The average Bonchev–Trinajstić information content (AvgIpc) is 2.65. The summed E-state index contributed by atoms with van der Waals surface area (Å²) in [6.45, 7) is 4.63. The predicted molar refractivity (Wildman–Crippen MR) is 108 cm³/mol. The van der Waals surface area contributed by atoms with E-state index in [0.717, 1.165) is 0 Å². The van der Waals surface area contributed by atoms with Gasteiger partial charge in [-0.2, -0.15) is 0 Å². The van der Waals surface area contributed by atoms with Crippen LogP contribution >= 0.6 is 0 Å². The number of rotatable bonds is 8. The molecule has 0 aliphatic carbocycles. The van der Waals surface area contributed by atoms with Crippen molar-refractivity contribution in [2.45, 2.75) is 37.0 Å². The molecular formula is C21H28N2O3S. The summed E-state index contributed by atoms with van der Waals surface area (Å²) in [5.41, 5.74) is 7.12.